The molecule has 134 valence electrons. The van der Waals surface area contributed by atoms with Gasteiger partial charge in [-0.25, -0.2) is 9.78 Å². The Kier molecular flexibility index (Phi) is 3.88. The van der Waals surface area contributed by atoms with Gasteiger partial charge in [-0.3, -0.25) is 18.8 Å². The Labute approximate surface area is 153 Å². The highest BCUT2D eigenvalue weighted by molar-refractivity contribution is 6.14. The van der Waals surface area contributed by atoms with Crippen molar-refractivity contribution in [1.82, 2.24) is 24.1 Å². The van der Waals surface area contributed by atoms with Crippen LogP contribution >= 0.6 is 0 Å². The zero-order valence-electron chi connectivity index (χ0n) is 14.2. The molecule has 0 radical (unpaired) electrons. The monoisotopic (exact) mass is 362 g/mol. The predicted molar refractivity (Wildman–Crippen MR) is 96.1 cm³/mol. The van der Waals surface area contributed by atoms with Crippen LogP contribution in [0.5, 0.6) is 0 Å². The number of rotatable bonds is 4. The maximum absolute atomic E-state index is 13.3. The van der Waals surface area contributed by atoms with Crippen molar-refractivity contribution in [2.24, 2.45) is 7.05 Å². The molecule has 1 N–H and O–H groups in total. The molecule has 0 saturated heterocycles. The summed E-state index contributed by atoms with van der Waals surface area (Å²) in [6.07, 6.45) is 6.46. The number of hydrogen-bond acceptors (Lipinski definition) is 5. The Morgan fingerprint density at radius 3 is 2.63 bits per heavy atom. The van der Waals surface area contributed by atoms with Crippen molar-refractivity contribution in [3.63, 3.8) is 0 Å². The number of aryl methyl sites for hydroxylation is 1. The van der Waals surface area contributed by atoms with E-state index in [0.717, 1.165) is 0 Å². The second-order valence-electron chi connectivity index (χ2n) is 5.77. The summed E-state index contributed by atoms with van der Waals surface area (Å²) in [7, 11) is 1.56. The summed E-state index contributed by atoms with van der Waals surface area (Å²) in [5, 5.41) is 13.3. The number of carbonyl (C=O) groups is 2. The van der Waals surface area contributed by atoms with Crippen molar-refractivity contribution in [3.8, 4) is 0 Å². The average Bonchev–Trinajstić information content (AvgIpc) is 3.28. The molecule has 3 aromatic heterocycles. The van der Waals surface area contributed by atoms with Crippen molar-refractivity contribution in [2.45, 2.75) is 0 Å². The second kappa shape index (κ2) is 6.37. The van der Waals surface area contributed by atoms with Crippen LogP contribution in [0.1, 0.15) is 20.8 Å². The SMILES string of the molecule is Cn1cc(C(=O)N(c2ccccc2)c2ccn3ccnc3n2)c(C(=O)O)n1. The molecule has 0 spiro atoms. The van der Waals surface area contributed by atoms with Crippen molar-refractivity contribution >= 4 is 29.2 Å². The number of aromatic carboxylic acids is 1. The number of fused-ring (bicyclic) bond motifs is 1. The highest BCUT2D eigenvalue weighted by Gasteiger charge is 2.28. The molecule has 4 rings (SSSR count). The number of para-hydroxylation sites is 1. The molecule has 27 heavy (non-hydrogen) atoms. The van der Waals surface area contributed by atoms with Gasteiger partial charge >= 0.3 is 5.97 Å². The van der Waals surface area contributed by atoms with Gasteiger partial charge in [0.25, 0.3) is 5.91 Å². The van der Waals surface area contributed by atoms with E-state index in [1.807, 2.05) is 6.07 Å². The molecule has 1 aromatic carbocycles. The molecule has 0 unspecified atom stereocenters. The van der Waals surface area contributed by atoms with Crippen LogP contribution in [0.4, 0.5) is 11.5 Å². The Morgan fingerprint density at radius 2 is 1.89 bits per heavy atom. The minimum atomic E-state index is -1.27. The molecule has 0 aliphatic carbocycles. The van der Waals surface area contributed by atoms with E-state index in [1.54, 1.807) is 60.4 Å². The van der Waals surface area contributed by atoms with Crippen LogP contribution < -0.4 is 4.90 Å². The number of nitrogens with zero attached hydrogens (tertiary/aromatic N) is 6. The number of aromatic nitrogens is 5. The molecule has 0 saturated carbocycles. The van der Waals surface area contributed by atoms with E-state index < -0.39 is 11.9 Å². The van der Waals surface area contributed by atoms with E-state index in [9.17, 15) is 14.7 Å². The number of hydrogen-bond donors (Lipinski definition) is 1. The van der Waals surface area contributed by atoms with Gasteiger partial charge in [0.15, 0.2) is 5.69 Å². The van der Waals surface area contributed by atoms with Crippen molar-refractivity contribution in [1.29, 1.82) is 0 Å². The van der Waals surface area contributed by atoms with E-state index in [4.69, 9.17) is 0 Å². The van der Waals surface area contributed by atoms with Crippen LogP contribution in [0.25, 0.3) is 5.78 Å². The van der Waals surface area contributed by atoms with E-state index >= 15 is 0 Å². The normalized spacial score (nSPS) is 10.9. The van der Waals surface area contributed by atoms with Crippen LogP contribution in [-0.2, 0) is 7.05 Å². The van der Waals surface area contributed by atoms with Crippen molar-refractivity contribution < 1.29 is 14.7 Å². The lowest BCUT2D eigenvalue weighted by Gasteiger charge is -2.21. The molecule has 1 amide bonds. The maximum Gasteiger partial charge on any atom is 0.357 e. The third-order valence-electron chi connectivity index (χ3n) is 3.96. The van der Waals surface area contributed by atoms with Gasteiger partial charge in [-0.15, -0.1) is 0 Å². The number of benzene rings is 1. The number of carboxylic acids is 1. The zero-order chi connectivity index (χ0) is 19.0. The van der Waals surface area contributed by atoms with Crippen molar-refractivity contribution in [3.05, 3.63) is 72.4 Å². The number of amides is 1. The average molecular weight is 362 g/mol. The van der Waals surface area contributed by atoms with Gasteiger partial charge in [0, 0.05) is 31.8 Å². The molecule has 4 aromatic rings. The van der Waals surface area contributed by atoms with Crippen LogP contribution in [0.3, 0.4) is 0 Å². The van der Waals surface area contributed by atoms with E-state index in [1.165, 1.54) is 15.8 Å². The summed E-state index contributed by atoms with van der Waals surface area (Å²) in [4.78, 5) is 34.7. The van der Waals surface area contributed by atoms with E-state index in [-0.39, 0.29) is 11.3 Å². The van der Waals surface area contributed by atoms with Gasteiger partial charge in [-0.1, -0.05) is 18.2 Å². The highest BCUT2D eigenvalue weighted by atomic mass is 16.4. The molecule has 0 aliphatic rings. The fourth-order valence-electron chi connectivity index (χ4n) is 2.77. The second-order valence-corrected chi connectivity index (χ2v) is 5.77. The minimum absolute atomic E-state index is 0.0288. The lowest BCUT2D eigenvalue weighted by atomic mass is 10.2. The smallest absolute Gasteiger partial charge is 0.357 e. The third kappa shape index (κ3) is 2.91. The van der Waals surface area contributed by atoms with E-state index in [2.05, 4.69) is 15.1 Å². The molecule has 9 heteroatoms. The molecule has 0 fully saturated rings. The fraction of sp³-hybridized carbons (Fsp3) is 0.0556. The van der Waals surface area contributed by atoms with E-state index in [0.29, 0.717) is 17.3 Å². The highest BCUT2D eigenvalue weighted by Crippen LogP contribution is 2.27. The van der Waals surface area contributed by atoms with Gasteiger partial charge in [-0.2, -0.15) is 10.1 Å². The quantitative estimate of drug-likeness (QED) is 0.596. The van der Waals surface area contributed by atoms with Crippen LogP contribution in [0, 0.1) is 0 Å². The topological polar surface area (TPSA) is 106 Å². The molecule has 0 aliphatic heterocycles. The number of anilines is 2. The van der Waals surface area contributed by atoms with Gasteiger partial charge in [0.2, 0.25) is 5.78 Å². The van der Waals surface area contributed by atoms with Crippen LogP contribution in [0.15, 0.2) is 61.2 Å². The first-order chi connectivity index (χ1) is 13.0. The van der Waals surface area contributed by atoms with Gasteiger partial charge in [0.05, 0.1) is 11.3 Å². The molecule has 9 nitrogen and oxygen atoms in total. The summed E-state index contributed by atoms with van der Waals surface area (Å²) >= 11 is 0. The molecule has 0 atom stereocenters. The first-order valence-electron chi connectivity index (χ1n) is 8.01. The Bertz CT molecular complexity index is 1150. The zero-order valence-corrected chi connectivity index (χ0v) is 14.2. The Balaban J connectivity index is 1.88. The summed E-state index contributed by atoms with van der Waals surface area (Å²) in [5.41, 5.74) is 0.204. The predicted octanol–water partition coefficient (Wildman–Crippen LogP) is 2.14. The molecular formula is C18H14N6O3. The molecule has 0 bridgehead atoms. The molecular weight excluding hydrogens is 348 g/mol. The lowest BCUT2D eigenvalue weighted by molar-refractivity contribution is 0.0685. The third-order valence-corrected chi connectivity index (χ3v) is 3.96. The standard InChI is InChI=1S/C18H14N6O3/c1-22-11-13(15(21-22)17(26)27)16(25)24(12-5-3-2-4-6-12)14-7-9-23-10-8-19-18(23)20-14/h2-11H,1H3,(H,26,27). The minimum Gasteiger partial charge on any atom is -0.476 e. The number of carboxylic acid groups (broad SMARTS) is 1. The first-order valence-corrected chi connectivity index (χ1v) is 8.01. The van der Waals surface area contributed by atoms with Gasteiger partial charge < -0.3 is 5.11 Å². The lowest BCUT2D eigenvalue weighted by Crippen LogP contribution is -2.28. The number of imidazole rings is 1. The first kappa shape index (κ1) is 16.5. The Hall–Kier alpha value is -4.01. The summed E-state index contributed by atoms with van der Waals surface area (Å²) < 4.78 is 3.01. The Morgan fingerprint density at radius 1 is 1.11 bits per heavy atom. The van der Waals surface area contributed by atoms with Crippen LogP contribution in [0.2, 0.25) is 0 Å². The largest absolute Gasteiger partial charge is 0.476 e. The number of carbonyl (C=O) groups excluding carboxylic acids is 1. The maximum atomic E-state index is 13.3. The van der Waals surface area contributed by atoms with Gasteiger partial charge in [0.1, 0.15) is 5.82 Å². The fourth-order valence-corrected chi connectivity index (χ4v) is 2.77. The van der Waals surface area contributed by atoms with Crippen molar-refractivity contribution in [2.75, 3.05) is 4.90 Å². The summed E-state index contributed by atoms with van der Waals surface area (Å²) in [6, 6.07) is 10.5. The van der Waals surface area contributed by atoms with Gasteiger partial charge in [-0.05, 0) is 18.2 Å². The van der Waals surface area contributed by atoms with Crippen LogP contribution in [-0.4, -0.2) is 41.1 Å². The summed E-state index contributed by atoms with van der Waals surface area (Å²) in [5.74, 6) is -1.07. The molecule has 3 heterocycles. The summed E-state index contributed by atoms with van der Waals surface area (Å²) in [6.45, 7) is 0.